The van der Waals surface area contributed by atoms with Crippen LogP contribution in [0.2, 0.25) is 0 Å². The van der Waals surface area contributed by atoms with Gasteiger partial charge in [-0.15, -0.1) is 0 Å². The Bertz CT molecular complexity index is 485. The molecule has 0 bridgehead atoms. The van der Waals surface area contributed by atoms with E-state index in [9.17, 15) is 9.59 Å². The molecule has 2 amide bonds. The van der Waals surface area contributed by atoms with Crippen LogP contribution in [0.25, 0.3) is 0 Å². The van der Waals surface area contributed by atoms with E-state index < -0.39 is 0 Å². The van der Waals surface area contributed by atoms with E-state index in [2.05, 4.69) is 24.1 Å². The molecule has 0 aromatic carbocycles. The molecule has 0 unspecified atom stereocenters. The Kier molecular flexibility index (Phi) is 4.55. The van der Waals surface area contributed by atoms with Gasteiger partial charge in [0.1, 0.15) is 0 Å². The molecule has 1 aliphatic rings. The van der Waals surface area contributed by atoms with Crippen molar-refractivity contribution < 1.29 is 14.3 Å². The van der Waals surface area contributed by atoms with Crippen molar-refractivity contribution in [3.8, 4) is 5.88 Å². The van der Waals surface area contributed by atoms with E-state index in [1.807, 2.05) is 0 Å². The van der Waals surface area contributed by atoms with E-state index in [1.165, 1.54) is 11.1 Å². The van der Waals surface area contributed by atoms with Crippen LogP contribution in [0.5, 0.6) is 5.88 Å². The Morgan fingerprint density at radius 1 is 1.50 bits per heavy atom. The monoisotopic (exact) mass is 277 g/mol. The minimum atomic E-state index is -0.178. The molecule has 1 aromatic heterocycles. The van der Waals surface area contributed by atoms with E-state index in [-0.39, 0.29) is 18.4 Å². The van der Waals surface area contributed by atoms with Crippen LogP contribution in [-0.2, 0) is 4.79 Å². The van der Waals surface area contributed by atoms with E-state index in [0.29, 0.717) is 37.1 Å². The maximum absolute atomic E-state index is 12.2. The van der Waals surface area contributed by atoms with Crippen LogP contribution in [0.15, 0.2) is 18.3 Å². The number of carbonyl (C=O) groups excluding carboxylic acids is 2. The summed E-state index contributed by atoms with van der Waals surface area (Å²) in [5.41, 5.74) is 0.469. The lowest BCUT2D eigenvalue weighted by Crippen LogP contribution is -2.49. The Morgan fingerprint density at radius 2 is 2.30 bits per heavy atom. The maximum atomic E-state index is 12.2. The van der Waals surface area contributed by atoms with Gasteiger partial charge < -0.3 is 15.0 Å². The highest BCUT2D eigenvalue weighted by atomic mass is 16.5. The van der Waals surface area contributed by atoms with Gasteiger partial charge in [-0.3, -0.25) is 9.59 Å². The van der Waals surface area contributed by atoms with Gasteiger partial charge in [-0.2, -0.15) is 0 Å². The Morgan fingerprint density at radius 3 is 2.90 bits per heavy atom. The number of amides is 2. The maximum Gasteiger partial charge on any atom is 0.255 e. The highest BCUT2D eigenvalue weighted by molar-refractivity contribution is 5.96. The number of hydrogen-bond acceptors (Lipinski definition) is 4. The molecule has 0 saturated carbocycles. The van der Waals surface area contributed by atoms with Crippen LogP contribution in [0.4, 0.5) is 0 Å². The molecule has 0 aliphatic carbocycles. The third-order valence-electron chi connectivity index (χ3n) is 2.87. The highest BCUT2D eigenvalue weighted by Crippen LogP contribution is 2.11. The number of aromatic nitrogens is 1. The summed E-state index contributed by atoms with van der Waals surface area (Å²) in [6, 6.07) is 3.36. The summed E-state index contributed by atoms with van der Waals surface area (Å²) in [4.78, 5) is 29.1. The fourth-order valence-electron chi connectivity index (χ4n) is 1.84. The van der Waals surface area contributed by atoms with Gasteiger partial charge in [0, 0.05) is 25.4 Å². The smallest absolute Gasteiger partial charge is 0.255 e. The Balaban J connectivity index is 1.98. The number of hydrogen-bond donors (Lipinski definition) is 1. The van der Waals surface area contributed by atoms with Crippen molar-refractivity contribution in [1.82, 2.24) is 15.2 Å². The Hall–Kier alpha value is -2.11. The quantitative estimate of drug-likeness (QED) is 0.879. The van der Waals surface area contributed by atoms with E-state index in [4.69, 9.17) is 4.74 Å². The first kappa shape index (κ1) is 14.3. The normalized spacial score (nSPS) is 15.2. The zero-order valence-corrected chi connectivity index (χ0v) is 11.8. The van der Waals surface area contributed by atoms with Crippen LogP contribution in [0.3, 0.4) is 0 Å². The molecule has 0 atom stereocenters. The number of piperazine rings is 1. The fourth-order valence-corrected chi connectivity index (χ4v) is 1.84. The third-order valence-corrected chi connectivity index (χ3v) is 2.87. The van der Waals surface area contributed by atoms with Crippen molar-refractivity contribution in [2.24, 2.45) is 5.92 Å². The first-order chi connectivity index (χ1) is 9.56. The summed E-state index contributed by atoms with van der Waals surface area (Å²) in [6.45, 7) is 5.82. The van der Waals surface area contributed by atoms with Crippen LogP contribution in [-0.4, -0.2) is 47.9 Å². The molecule has 0 spiro atoms. The average molecular weight is 277 g/mol. The van der Waals surface area contributed by atoms with Gasteiger partial charge in [0.25, 0.3) is 5.91 Å². The zero-order valence-electron chi connectivity index (χ0n) is 11.8. The van der Waals surface area contributed by atoms with E-state index >= 15 is 0 Å². The predicted molar refractivity (Wildman–Crippen MR) is 73.5 cm³/mol. The van der Waals surface area contributed by atoms with Crippen molar-refractivity contribution in [3.63, 3.8) is 0 Å². The summed E-state index contributed by atoms with van der Waals surface area (Å²) < 4.78 is 5.46. The first-order valence-electron chi connectivity index (χ1n) is 6.71. The van der Waals surface area contributed by atoms with Gasteiger partial charge in [0.2, 0.25) is 11.8 Å². The second-order valence-electron chi connectivity index (χ2n) is 5.17. The van der Waals surface area contributed by atoms with Crippen LogP contribution < -0.4 is 10.1 Å². The number of nitrogens with one attached hydrogen (secondary N) is 1. The van der Waals surface area contributed by atoms with Crippen LogP contribution in [0, 0.1) is 5.92 Å². The highest BCUT2D eigenvalue weighted by Gasteiger charge is 2.22. The van der Waals surface area contributed by atoms with Gasteiger partial charge in [0.15, 0.2) is 0 Å². The van der Waals surface area contributed by atoms with Gasteiger partial charge in [-0.1, -0.05) is 13.8 Å². The molecule has 1 saturated heterocycles. The van der Waals surface area contributed by atoms with Gasteiger partial charge in [0.05, 0.1) is 18.7 Å². The van der Waals surface area contributed by atoms with Crippen molar-refractivity contribution >= 4 is 11.8 Å². The molecular formula is C14H19N3O3. The summed E-state index contributed by atoms with van der Waals surface area (Å²) >= 11 is 0. The second-order valence-corrected chi connectivity index (χ2v) is 5.17. The fraction of sp³-hybridized carbons (Fsp3) is 0.500. The Labute approximate surface area is 118 Å². The lowest BCUT2D eigenvalue weighted by Gasteiger charge is -2.26. The molecular weight excluding hydrogens is 258 g/mol. The van der Waals surface area contributed by atoms with Crippen molar-refractivity contribution in [2.75, 3.05) is 26.2 Å². The summed E-state index contributed by atoms with van der Waals surface area (Å²) in [7, 11) is 0. The van der Waals surface area contributed by atoms with Crippen molar-refractivity contribution in [1.29, 1.82) is 0 Å². The number of nitrogens with zero attached hydrogens (tertiary/aromatic N) is 2. The lowest BCUT2D eigenvalue weighted by molar-refractivity contribution is -0.123. The van der Waals surface area contributed by atoms with Crippen LogP contribution in [0.1, 0.15) is 24.2 Å². The largest absolute Gasteiger partial charge is 0.477 e. The second kappa shape index (κ2) is 6.36. The molecule has 20 heavy (non-hydrogen) atoms. The standard InChI is InChI=1S/C14H19N3O3/c1-10(2)9-20-13-4-3-11(7-16-13)14(19)17-6-5-15-12(18)8-17/h3-4,7,10H,5-6,8-9H2,1-2H3,(H,15,18). The molecule has 2 rings (SSSR count). The predicted octanol–water partition coefficient (Wildman–Crippen LogP) is 0.688. The van der Waals surface area contributed by atoms with Gasteiger partial charge in [-0.25, -0.2) is 4.98 Å². The molecule has 108 valence electrons. The average Bonchev–Trinajstić information content (AvgIpc) is 2.45. The lowest BCUT2D eigenvalue weighted by atomic mass is 10.2. The zero-order chi connectivity index (χ0) is 14.5. The molecule has 1 fully saturated rings. The summed E-state index contributed by atoms with van der Waals surface area (Å²) in [5, 5.41) is 2.69. The molecule has 6 nitrogen and oxygen atoms in total. The number of carbonyl (C=O) groups is 2. The number of rotatable bonds is 4. The molecule has 1 aromatic rings. The molecule has 1 aliphatic heterocycles. The van der Waals surface area contributed by atoms with Crippen LogP contribution >= 0.6 is 0 Å². The van der Waals surface area contributed by atoms with Crippen molar-refractivity contribution in [3.05, 3.63) is 23.9 Å². The number of ether oxygens (including phenoxy) is 1. The van der Waals surface area contributed by atoms with Crippen molar-refractivity contribution in [2.45, 2.75) is 13.8 Å². The first-order valence-corrected chi connectivity index (χ1v) is 6.71. The topological polar surface area (TPSA) is 71.5 Å². The minimum absolute atomic E-state index is 0.102. The van der Waals surface area contributed by atoms with Gasteiger partial charge in [-0.05, 0) is 12.0 Å². The third kappa shape index (κ3) is 3.69. The van der Waals surface area contributed by atoms with E-state index in [1.54, 1.807) is 12.1 Å². The molecule has 2 heterocycles. The minimum Gasteiger partial charge on any atom is -0.477 e. The number of pyridine rings is 1. The molecule has 1 N–H and O–H groups in total. The SMILES string of the molecule is CC(C)COc1ccc(C(=O)N2CCNC(=O)C2)cn1. The van der Waals surface area contributed by atoms with E-state index in [0.717, 1.165) is 0 Å². The van der Waals surface area contributed by atoms with Gasteiger partial charge >= 0.3 is 0 Å². The summed E-state index contributed by atoms with van der Waals surface area (Å²) in [5.74, 6) is 0.619. The molecule has 0 radical (unpaired) electrons. The molecule has 6 heteroatoms. The summed E-state index contributed by atoms with van der Waals surface area (Å²) in [6.07, 6.45) is 1.49.